The first kappa shape index (κ1) is 14.8. The van der Waals surface area contributed by atoms with Crippen LogP contribution >= 0.6 is 11.3 Å². The SMILES string of the molecule is Cc1nc([C@H]2Nc3ccccc3C(=O)N2c2ccc(F)cc2)cs1. The molecule has 6 heteroatoms. The van der Waals surface area contributed by atoms with E-state index in [1.165, 1.54) is 23.5 Å². The van der Waals surface area contributed by atoms with Crippen molar-refractivity contribution in [3.05, 3.63) is 76.0 Å². The molecule has 1 N–H and O–H groups in total. The normalized spacial score (nSPS) is 16.7. The average Bonchev–Trinajstić information content (AvgIpc) is 3.02. The zero-order chi connectivity index (χ0) is 16.7. The molecule has 24 heavy (non-hydrogen) atoms. The minimum Gasteiger partial charge on any atom is -0.359 e. The number of halogens is 1. The number of nitrogens with zero attached hydrogens (tertiary/aromatic N) is 2. The maximum absolute atomic E-state index is 13.3. The molecule has 1 aromatic heterocycles. The van der Waals surface area contributed by atoms with Crippen LogP contribution in [-0.2, 0) is 0 Å². The molecule has 0 saturated carbocycles. The Labute approximate surface area is 142 Å². The number of carbonyl (C=O) groups is 1. The highest BCUT2D eigenvalue weighted by Gasteiger charge is 2.35. The van der Waals surface area contributed by atoms with Gasteiger partial charge in [0.1, 0.15) is 5.82 Å². The van der Waals surface area contributed by atoms with Gasteiger partial charge < -0.3 is 5.32 Å². The first-order chi connectivity index (χ1) is 11.6. The molecule has 1 amide bonds. The lowest BCUT2D eigenvalue weighted by Gasteiger charge is -2.37. The molecule has 0 aliphatic carbocycles. The van der Waals surface area contributed by atoms with Crippen molar-refractivity contribution >= 4 is 28.6 Å². The van der Waals surface area contributed by atoms with Crippen LogP contribution in [0.4, 0.5) is 15.8 Å². The number of hydrogen-bond acceptors (Lipinski definition) is 4. The second-order valence-electron chi connectivity index (χ2n) is 5.54. The van der Waals surface area contributed by atoms with Crippen molar-refractivity contribution in [3.63, 3.8) is 0 Å². The summed E-state index contributed by atoms with van der Waals surface area (Å²) in [6.45, 7) is 1.93. The molecule has 0 fully saturated rings. The van der Waals surface area contributed by atoms with Crippen LogP contribution in [0.15, 0.2) is 53.9 Å². The van der Waals surface area contributed by atoms with Gasteiger partial charge in [0.05, 0.1) is 16.3 Å². The number of rotatable bonds is 2. The van der Waals surface area contributed by atoms with Gasteiger partial charge in [-0.1, -0.05) is 12.1 Å². The Balaban J connectivity index is 1.85. The second kappa shape index (κ2) is 5.72. The van der Waals surface area contributed by atoms with Gasteiger partial charge >= 0.3 is 0 Å². The third-order valence-corrected chi connectivity index (χ3v) is 4.74. The number of aryl methyl sites for hydroxylation is 1. The molecule has 1 aliphatic rings. The van der Waals surface area contributed by atoms with E-state index in [2.05, 4.69) is 10.3 Å². The predicted octanol–water partition coefficient (Wildman–Crippen LogP) is 4.36. The number of aromatic nitrogens is 1. The fourth-order valence-electron chi connectivity index (χ4n) is 2.83. The molecule has 4 rings (SSSR count). The molecule has 3 aromatic rings. The van der Waals surface area contributed by atoms with E-state index in [0.717, 1.165) is 16.4 Å². The number of anilines is 2. The molecule has 0 unspecified atom stereocenters. The maximum Gasteiger partial charge on any atom is 0.262 e. The van der Waals surface area contributed by atoms with Gasteiger partial charge in [0, 0.05) is 16.8 Å². The molecule has 4 nitrogen and oxygen atoms in total. The maximum atomic E-state index is 13.3. The molecular weight excluding hydrogens is 325 g/mol. The highest BCUT2D eigenvalue weighted by Crippen LogP contribution is 2.36. The Morgan fingerprint density at radius 3 is 2.62 bits per heavy atom. The van der Waals surface area contributed by atoms with E-state index in [4.69, 9.17) is 0 Å². The summed E-state index contributed by atoms with van der Waals surface area (Å²) >= 11 is 1.53. The fourth-order valence-corrected chi connectivity index (χ4v) is 3.47. The lowest BCUT2D eigenvalue weighted by molar-refractivity contribution is 0.0974. The van der Waals surface area contributed by atoms with E-state index >= 15 is 0 Å². The van der Waals surface area contributed by atoms with Gasteiger partial charge in [-0.05, 0) is 43.3 Å². The summed E-state index contributed by atoms with van der Waals surface area (Å²) in [7, 11) is 0. The molecule has 2 aromatic carbocycles. The number of amides is 1. The molecule has 2 heterocycles. The third kappa shape index (κ3) is 2.45. The van der Waals surface area contributed by atoms with Crippen molar-refractivity contribution in [2.24, 2.45) is 0 Å². The summed E-state index contributed by atoms with van der Waals surface area (Å²) in [5, 5.41) is 6.24. The van der Waals surface area contributed by atoms with Crippen LogP contribution in [0.5, 0.6) is 0 Å². The first-order valence-electron chi connectivity index (χ1n) is 7.50. The van der Waals surface area contributed by atoms with Crippen LogP contribution in [0, 0.1) is 12.7 Å². The number of carbonyl (C=O) groups excluding carboxylic acids is 1. The zero-order valence-corrected chi connectivity index (χ0v) is 13.7. The Kier molecular flexibility index (Phi) is 3.54. The Morgan fingerprint density at radius 2 is 1.92 bits per heavy atom. The van der Waals surface area contributed by atoms with E-state index in [9.17, 15) is 9.18 Å². The van der Waals surface area contributed by atoms with E-state index in [1.54, 1.807) is 23.1 Å². The number of para-hydroxylation sites is 1. The monoisotopic (exact) mass is 339 g/mol. The van der Waals surface area contributed by atoms with Gasteiger partial charge in [-0.3, -0.25) is 9.69 Å². The molecule has 1 atom stereocenters. The van der Waals surface area contributed by atoms with E-state index in [0.29, 0.717) is 11.3 Å². The molecule has 1 aliphatic heterocycles. The van der Waals surface area contributed by atoms with Crippen LogP contribution in [-0.4, -0.2) is 10.9 Å². The van der Waals surface area contributed by atoms with Gasteiger partial charge in [0.2, 0.25) is 0 Å². The van der Waals surface area contributed by atoms with Crippen LogP contribution in [0.1, 0.15) is 27.2 Å². The number of fused-ring (bicyclic) bond motifs is 1. The Hall–Kier alpha value is -2.73. The zero-order valence-electron chi connectivity index (χ0n) is 12.9. The lowest BCUT2D eigenvalue weighted by Crippen LogP contribution is -2.43. The molecule has 0 radical (unpaired) electrons. The predicted molar refractivity (Wildman–Crippen MR) is 92.9 cm³/mol. The van der Waals surface area contributed by atoms with Crippen molar-refractivity contribution in [2.75, 3.05) is 10.2 Å². The summed E-state index contributed by atoms with van der Waals surface area (Å²) < 4.78 is 13.3. The van der Waals surface area contributed by atoms with Crippen molar-refractivity contribution in [1.29, 1.82) is 0 Å². The Bertz CT molecular complexity index is 907. The summed E-state index contributed by atoms with van der Waals surface area (Å²) in [6.07, 6.45) is -0.428. The number of benzene rings is 2. The summed E-state index contributed by atoms with van der Waals surface area (Å²) in [5.41, 5.74) is 2.75. The van der Waals surface area contributed by atoms with E-state index < -0.39 is 6.17 Å². The molecule has 0 spiro atoms. The third-order valence-electron chi connectivity index (χ3n) is 3.95. The van der Waals surface area contributed by atoms with Gasteiger partial charge in [0.15, 0.2) is 6.17 Å². The molecule has 0 bridgehead atoms. The minimum absolute atomic E-state index is 0.133. The van der Waals surface area contributed by atoms with Gasteiger partial charge in [-0.25, -0.2) is 9.37 Å². The molecule has 120 valence electrons. The van der Waals surface area contributed by atoms with Crippen LogP contribution < -0.4 is 10.2 Å². The van der Waals surface area contributed by atoms with Crippen LogP contribution in [0.2, 0.25) is 0 Å². The standard InChI is InChI=1S/C18H14FN3OS/c1-11-20-16(10-24-11)17-21-15-5-3-2-4-14(15)18(23)22(17)13-8-6-12(19)7-9-13/h2-10,17,21H,1H3/t17-/m0/s1. The van der Waals surface area contributed by atoms with Gasteiger partial charge in [0.25, 0.3) is 5.91 Å². The largest absolute Gasteiger partial charge is 0.359 e. The number of nitrogens with one attached hydrogen (secondary N) is 1. The minimum atomic E-state index is -0.428. The van der Waals surface area contributed by atoms with Crippen LogP contribution in [0.3, 0.4) is 0 Å². The van der Waals surface area contributed by atoms with E-state index in [-0.39, 0.29) is 11.7 Å². The first-order valence-corrected chi connectivity index (χ1v) is 8.38. The van der Waals surface area contributed by atoms with Gasteiger partial charge in [-0.15, -0.1) is 11.3 Å². The van der Waals surface area contributed by atoms with E-state index in [1.807, 2.05) is 30.5 Å². The smallest absolute Gasteiger partial charge is 0.262 e. The second-order valence-corrected chi connectivity index (χ2v) is 6.60. The number of thiazole rings is 1. The lowest BCUT2D eigenvalue weighted by atomic mass is 10.1. The topological polar surface area (TPSA) is 45.2 Å². The number of hydrogen-bond donors (Lipinski definition) is 1. The summed E-state index contributed by atoms with van der Waals surface area (Å²) in [4.78, 5) is 19.2. The average molecular weight is 339 g/mol. The summed E-state index contributed by atoms with van der Waals surface area (Å²) in [6, 6.07) is 13.3. The molecular formula is C18H14FN3OS. The fraction of sp³-hybridized carbons (Fsp3) is 0.111. The Morgan fingerprint density at radius 1 is 1.17 bits per heavy atom. The highest BCUT2D eigenvalue weighted by atomic mass is 32.1. The van der Waals surface area contributed by atoms with Gasteiger partial charge in [-0.2, -0.15) is 0 Å². The molecule has 0 saturated heterocycles. The quantitative estimate of drug-likeness (QED) is 0.754. The van der Waals surface area contributed by atoms with Crippen molar-refractivity contribution in [2.45, 2.75) is 13.1 Å². The van der Waals surface area contributed by atoms with Crippen molar-refractivity contribution < 1.29 is 9.18 Å². The van der Waals surface area contributed by atoms with Crippen molar-refractivity contribution in [3.8, 4) is 0 Å². The summed E-state index contributed by atoms with van der Waals surface area (Å²) in [5.74, 6) is -0.468. The van der Waals surface area contributed by atoms with Crippen molar-refractivity contribution in [1.82, 2.24) is 4.98 Å². The highest BCUT2D eigenvalue weighted by molar-refractivity contribution is 7.09. The van der Waals surface area contributed by atoms with Crippen LogP contribution in [0.25, 0.3) is 0 Å².